The zero-order chi connectivity index (χ0) is 21.6. The van der Waals surface area contributed by atoms with Crippen molar-refractivity contribution >= 4 is 86.3 Å². The fourth-order valence-electron chi connectivity index (χ4n) is 2.74. The maximum Gasteiger partial charge on any atom is 0.254 e. The van der Waals surface area contributed by atoms with E-state index < -0.39 is 9.96 Å². The van der Waals surface area contributed by atoms with Crippen molar-refractivity contribution < 1.29 is 4.79 Å². The fraction of sp³-hybridized carbons (Fsp3) is 0.300. The molecule has 0 saturated carbocycles. The van der Waals surface area contributed by atoms with Gasteiger partial charge in [-0.05, 0) is 70.9 Å². The summed E-state index contributed by atoms with van der Waals surface area (Å²) >= 11 is 25.8. The monoisotopic (exact) mass is 583 g/mol. The van der Waals surface area contributed by atoms with Gasteiger partial charge in [-0.2, -0.15) is 0 Å². The number of para-hydroxylation sites is 1. The van der Waals surface area contributed by atoms with Crippen LogP contribution in [-0.2, 0) is 12.8 Å². The van der Waals surface area contributed by atoms with Gasteiger partial charge in [-0.15, -0.1) is 0 Å². The van der Waals surface area contributed by atoms with Gasteiger partial charge >= 0.3 is 0 Å². The minimum absolute atomic E-state index is 0.250. The van der Waals surface area contributed by atoms with Crippen LogP contribution in [0.15, 0.2) is 42.5 Å². The molecule has 29 heavy (non-hydrogen) atoms. The van der Waals surface area contributed by atoms with E-state index in [-0.39, 0.29) is 11.0 Å². The van der Waals surface area contributed by atoms with Gasteiger partial charge in [-0.1, -0.05) is 79.0 Å². The average Bonchev–Trinajstić information content (AvgIpc) is 2.67. The second-order valence-electron chi connectivity index (χ2n) is 6.18. The van der Waals surface area contributed by atoms with Crippen LogP contribution in [0.2, 0.25) is 0 Å². The number of amides is 1. The highest BCUT2D eigenvalue weighted by Crippen LogP contribution is 2.30. The fourth-order valence-corrected chi connectivity index (χ4v) is 3.92. The molecule has 4 nitrogen and oxygen atoms in total. The van der Waals surface area contributed by atoms with Gasteiger partial charge in [0.1, 0.15) is 6.17 Å². The van der Waals surface area contributed by atoms with Crippen molar-refractivity contribution in [2.24, 2.45) is 0 Å². The lowest BCUT2D eigenvalue weighted by Gasteiger charge is -2.28. The third-order valence-corrected chi connectivity index (χ3v) is 6.05. The topological polar surface area (TPSA) is 53.2 Å². The quantitative estimate of drug-likeness (QED) is 0.173. The molecule has 0 spiro atoms. The first-order chi connectivity index (χ1) is 13.7. The first-order valence-electron chi connectivity index (χ1n) is 8.97. The van der Waals surface area contributed by atoms with Crippen molar-refractivity contribution in [2.45, 2.75) is 36.6 Å². The summed E-state index contributed by atoms with van der Waals surface area (Å²) in [4.78, 5) is 12.7. The molecular weight excluding hydrogens is 564 g/mol. The highest BCUT2D eigenvalue weighted by Gasteiger charge is 2.35. The van der Waals surface area contributed by atoms with E-state index in [0.29, 0.717) is 5.56 Å². The van der Waals surface area contributed by atoms with E-state index in [1.54, 1.807) is 12.1 Å². The number of hydrogen-bond donors (Lipinski definition) is 3. The molecule has 156 valence electrons. The molecule has 0 aromatic heterocycles. The van der Waals surface area contributed by atoms with Gasteiger partial charge in [-0.3, -0.25) is 4.79 Å². The van der Waals surface area contributed by atoms with Crippen LogP contribution in [0.5, 0.6) is 0 Å². The Bertz CT molecular complexity index is 867. The number of rotatable bonds is 6. The number of thiocarbonyl (C=S) groups is 1. The number of halogens is 4. The van der Waals surface area contributed by atoms with Gasteiger partial charge in [0.2, 0.25) is 3.79 Å². The number of nitrogens with one attached hydrogen (secondary N) is 3. The van der Waals surface area contributed by atoms with Crippen LogP contribution in [0.4, 0.5) is 5.69 Å². The second-order valence-corrected chi connectivity index (χ2v) is 10.1. The third-order valence-electron chi connectivity index (χ3n) is 4.23. The minimum Gasteiger partial charge on any atom is -0.339 e. The maximum absolute atomic E-state index is 12.7. The van der Waals surface area contributed by atoms with Gasteiger partial charge in [0.15, 0.2) is 5.11 Å². The molecule has 1 unspecified atom stereocenters. The largest absolute Gasteiger partial charge is 0.339 e. The molecular formula is C20H21Cl3IN3OS. The molecule has 9 heteroatoms. The van der Waals surface area contributed by atoms with E-state index in [4.69, 9.17) is 47.0 Å². The molecule has 0 fully saturated rings. The maximum atomic E-state index is 12.7. The van der Waals surface area contributed by atoms with Crippen LogP contribution in [0.25, 0.3) is 0 Å². The van der Waals surface area contributed by atoms with Crippen LogP contribution < -0.4 is 16.0 Å². The third kappa shape index (κ3) is 6.85. The Hall–Kier alpha value is -0.800. The molecule has 0 aliphatic heterocycles. The Morgan fingerprint density at radius 1 is 1.03 bits per heavy atom. The van der Waals surface area contributed by atoms with E-state index in [1.165, 1.54) is 0 Å². The van der Waals surface area contributed by atoms with Crippen molar-refractivity contribution in [1.29, 1.82) is 0 Å². The Kier molecular flexibility index (Phi) is 9.28. The predicted octanol–water partition coefficient (Wildman–Crippen LogP) is 5.83. The smallest absolute Gasteiger partial charge is 0.254 e. The molecule has 2 aromatic carbocycles. The van der Waals surface area contributed by atoms with Crippen molar-refractivity contribution in [1.82, 2.24) is 10.6 Å². The normalized spacial score (nSPS) is 12.2. The molecule has 0 bridgehead atoms. The van der Waals surface area contributed by atoms with Gasteiger partial charge < -0.3 is 16.0 Å². The van der Waals surface area contributed by atoms with Gasteiger partial charge in [-0.25, -0.2) is 0 Å². The summed E-state index contributed by atoms with van der Waals surface area (Å²) in [5.74, 6) is -0.371. The summed E-state index contributed by atoms with van der Waals surface area (Å²) in [6.45, 7) is 4.14. The standard InChI is InChI=1S/C20H21Cl3IN3OS/c1-3-12-8-7-9-13(4-2)16(12)25-19(29)27-18(20(21,22)23)26-17(28)14-10-5-6-11-15(14)24/h5-11,18H,3-4H2,1-2H3,(H,26,28)(H2,25,27,29). The molecule has 1 atom stereocenters. The molecule has 0 aliphatic carbocycles. The van der Waals surface area contributed by atoms with Gasteiger partial charge in [0.25, 0.3) is 5.91 Å². The molecule has 2 aromatic rings. The van der Waals surface area contributed by atoms with E-state index in [0.717, 1.165) is 33.2 Å². The number of carbonyl (C=O) groups is 1. The summed E-state index contributed by atoms with van der Waals surface area (Å²) in [6, 6.07) is 13.2. The average molecular weight is 585 g/mol. The Morgan fingerprint density at radius 2 is 1.62 bits per heavy atom. The summed E-state index contributed by atoms with van der Waals surface area (Å²) in [7, 11) is 0. The molecule has 0 aliphatic rings. The molecule has 1 amide bonds. The lowest BCUT2D eigenvalue weighted by atomic mass is 10.0. The van der Waals surface area contributed by atoms with Crippen molar-refractivity contribution in [3.05, 3.63) is 62.7 Å². The number of anilines is 1. The number of alkyl halides is 3. The van der Waals surface area contributed by atoms with Crippen LogP contribution in [0.1, 0.15) is 35.3 Å². The number of hydrogen-bond acceptors (Lipinski definition) is 2. The lowest BCUT2D eigenvalue weighted by Crippen LogP contribution is -2.56. The molecule has 3 N–H and O–H groups in total. The Balaban J connectivity index is 2.18. The Labute approximate surface area is 205 Å². The molecule has 2 rings (SSSR count). The van der Waals surface area contributed by atoms with Gasteiger partial charge in [0.05, 0.1) is 5.56 Å². The van der Waals surface area contributed by atoms with Crippen LogP contribution >= 0.6 is 69.6 Å². The minimum atomic E-state index is -1.82. The zero-order valence-corrected chi connectivity index (χ0v) is 21.1. The highest BCUT2D eigenvalue weighted by molar-refractivity contribution is 14.1. The second kappa shape index (κ2) is 11.0. The zero-order valence-electron chi connectivity index (χ0n) is 15.9. The van der Waals surface area contributed by atoms with Gasteiger partial charge in [0, 0.05) is 9.26 Å². The summed E-state index contributed by atoms with van der Waals surface area (Å²) < 4.78 is -1.03. The van der Waals surface area contributed by atoms with Crippen LogP contribution in [0.3, 0.4) is 0 Å². The summed E-state index contributed by atoms with van der Waals surface area (Å²) in [5, 5.41) is 9.08. The van der Waals surface area contributed by atoms with E-state index in [1.807, 2.05) is 30.3 Å². The molecule has 0 saturated heterocycles. The molecule has 0 heterocycles. The first-order valence-corrected chi connectivity index (χ1v) is 11.6. The number of aryl methyl sites for hydroxylation is 2. The predicted molar refractivity (Wildman–Crippen MR) is 135 cm³/mol. The summed E-state index contributed by atoms with van der Waals surface area (Å²) in [6.07, 6.45) is 0.654. The van der Waals surface area contributed by atoms with E-state index >= 15 is 0 Å². The van der Waals surface area contributed by atoms with Crippen molar-refractivity contribution in [3.8, 4) is 0 Å². The highest BCUT2D eigenvalue weighted by atomic mass is 127. The lowest BCUT2D eigenvalue weighted by molar-refractivity contribution is 0.0933. The van der Waals surface area contributed by atoms with Crippen molar-refractivity contribution in [2.75, 3.05) is 5.32 Å². The number of carbonyl (C=O) groups excluding carboxylic acids is 1. The van der Waals surface area contributed by atoms with Crippen molar-refractivity contribution in [3.63, 3.8) is 0 Å². The number of benzene rings is 2. The molecule has 0 radical (unpaired) electrons. The SMILES string of the molecule is CCc1cccc(CC)c1NC(=S)NC(NC(=O)c1ccccc1I)C(Cl)(Cl)Cl. The first kappa shape index (κ1) is 24.5. The van der Waals surface area contributed by atoms with Crippen LogP contribution in [0, 0.1) is 3.57 Å². The van der Waals surface area contributed by atoms with E-state index in [2.05, 4.69) is 52.4 Å². The Morgan fingerprint density at radius 3 is 2.14 bits per heavy atom. The summed E-state index contributed by atoms with van der Waals surface area (Å²) in [5.41, 5.74) is 3.67. The van der Waals surface area contributed by atoms with E-state index in [9.17, 15) is 4.79 Å². The van der Waals surface area contributed by atoms with Crippen LogP contribution in [-0.4, -0.2) is 21.0 Å².